The van der Waals surface area contributed by atoms with Gasteiger partial charge in [-0.3, -0.25) is 4.79 Å². The van der Waals surface area contributed by atoms with Crippen molar-refractivity contribution < 1.29 is 48.2 Å². The summed E-state index contributed by atoms with van der Waals surface area (Å²) in [4.78, 5) is 29.2. The Kier molecular flexibility index (Phi) is 7.07. The van der Waals surface area contributed by atoms with Crippen LogP contribution in [0.3, 0.4) is 0 Å². The van der Waals surface area contributed by atoms with Crippen LogP contribution in [0, 0.1) is 34.5 Å². The largest absolute Gasteiger partial charge is 0.455 e. The first-order valence-electron chi connectivity index (χ1n) is 15.7. The summed E-state index contributed by atoms with van der Waals surface area (Å²) in [7, 11) is 8.63. The van der Waals surface area contributed by atoms with E-state index in [1.807, 2.05) is 6.07 Å². The Morgan fingerprint density at radius 2 is 1.75 bits per heavy atom. The van der Waals surface area contributed by atoms with E-state index in [9.17, 15) is 19.8 Å². The molecule has 1 unspecified atom stereocenters. The number of carbonyl (C=O) groups is 2. The number of esters is 2. The molecule has 2 N–H and O–H groups in total. The van der Waals surface area contributed by atoms with Gasteiger partial charge in [-0.25, -0.2) is 4.79 Å². The van der Waals surface area contributed by atoms with Crippen LogP contribution in [-0.4, -0.2) is 123 Å². The molecule has 11 nitrogen and oxygen atoms in total. The number of ether oxygens (including phenoxy) is 6. The highest BCUT2D eigenvalue weighted by atomic mass is 16.6. The number of benzene rings is 1. The molecule has 44 heavy (non-hydrogen) atoms. The second-order valence-corrected chi connectivity index (χ2v) is 14.2. The minimum Gasteiger partial charge on any atom is -0.455 e. The summed E-state index contributed by atoms with van der Waals surface area (Å²) in [5, 5.41) is 25.1. The van der Waals surface area contributed by atoms with Crippen LogP contribution >= 0.6 is 0 Å². The van der Waals surface area contributed by atoms with E-state index in [1.54, 1.807) is 45.6 Å². The van der Waals surface area contributed by atoms with Gasteiger partial charge in [0.1, 0.15) is 23.9 Å². The number of carbonyl (C=O) groups excluding carboxylic acids is 2. The van der Waals surface area contributed by atoms with E-state index in [2.05, 4.69) is 11.9 Å². The maximum Gasteiger partial charge on any atom is 0.338 e. The summed E-state index contributed by atoms with van der Waals surface area (Å²) < 4.78 is 37.5. The third-order valence-corrected chi connectivity index (χ3v) is 12.8. The fourth-order valence-corrected chi connectivity index (χ4v) is 12.3. The van der Waals surface area contributed by atoms with E-state index >= 15 is 0 Å². The summed E-state index contributed by atoms with van der Waals surface area (Å²) in [6.07, 6.45) is -2.66. The molecule has 5 aliphatic carbocycles. The first-order valence-corrected chi connectivity index (χ1v) is 15.7. The van der Waals surface area contributed by atoms with Crippen molar-refractivity contribution in [3.8, 4) is 0 Å². The second kappa shape index (κ2) is 10.2. The summed E-state index contributed by atoms with van der Waals surface area (Å²) in [5.74, 6) is -2.96. The van der Waals surface area contributed by atoms with Gasteiger partial charge in [-0.2, -0.15) is 0 Å². The molecule has 1 aromatic carbocycles. The lowest BCUT2D eigenvalue weighted by Gasteiger charge is -2.69. The van der Waals surface area contributed by atoms with Gasteiger partial charge in [-0.15, -0.1) is 0 Å². The van der Waals surface area contributed by atoms with Crippen molar-refractivity contribution in [2.75, 3.05) is 48.6 Å². The van der Waals surface area contributed by atoms with Gasteiger partial charge in [0.05, 0.1) is 24.4 Å². The number of nitrogens with zero attached hydrogens (tertiary/aromatic N) is 1. The number of rotatable bonds is 8. The molecule has 1 saturated heterocycles. The fraction of sp³-hybridized carbons (Fsp3) is 0.758. The minimum absolute atomic E-state index is 0.103. The maximum absolute atomic E-state index is 13.7. The van der Waals surface area contributed by atoms with E-state index < -0.39 is 64.8 Å². The van der Waals surface area contributed by atoms with Crippen molar-refractivity contribution in [2.45, 2.75) is 73.9 Å². The van der Waals surface area contributed by atoms with E-state index in [4.69, 9.17) is 28.4 Å². The summed E-state index contributed by atoms with van der Waals surface area (Å²) in [5.41, 5.74) is -3.93. The predicted octanol–water partition coefficient (Wildman–Crippen LogP) is 1.29. The Morgan fingerprint density at radius 3 is 2.36 bits per heavy atom. The molecule has 0 aromatic heterocycles. The van der Waals surface area contributed by atoms with Gasteiger partial charge in [0.15, 0.2) is 5.60 Å². The quantitative estimate of drug-likeness (QED) is 0.410. The topological polar surface area (TPSA) is 133 Å². The molecular formula is C33H45NO10. The molecule has 1 aromatic rings. The zero-order valence-corrected chi connectivity index (χ0v) is 26.3. The average Bonchev–Trinajstić information content (AvgIpc) is 3.39. The smallest absolute Gasteiger partial charge is 0.338 e. The van der Waals surface area contributed by atoms with E-state index in [0.29, 0.717) is 12.2 Å². The molecule has 5 saturated carbocycles. The molecule has 1 spiro atoms. The van der Waals surface area contributed by atoms with Crippen molar-refractivity contribution in [2.24, 2.45) is 34.5 Å². The summed E-state index contributed by atoms with van der Waals surface area (Å²) in [6.45, 7) is 2.56. The van der Waals surface area contributed by atoms with Crippen LogP contribution < -0.4 is 0 Å². The zero-order chi connectivity index (χ0) is 31.4. The normalized spacial score (nSPS) is 49.9. The number of hydrogen-bond acceptors (Lipinski definition) is 11. The number of piperidine rings is 1. The summed E-state index contributed by atoms with van der Waals surface area (Å²) >= 11 is 0. The van der Waals surface area contributed by atoms with Crippen LogP contribution in [0.25, 0.3) is 0 Å². The molecule has 6 fully saturated rings. The zero-order valence-electron chi connectivity index (χ0n) is 26.3. The standard InChI is InChI=1S/C33H45NO10/c1-17(35)44-33-21-19(14-31(38,28(42-6)26(33)36)27(21)43-29(37)18-10-8-7-9-11-18)32-20(40-4)12-13-30(16-39-3)15-34(2)25(32)22(33)23(41-5)24(30)32/h7-11,19-28,36,38H,12-16H2,1-6H3/t19?,20-,21+,22+,23+,24-,25-,26+,27-,28+,30-,31-,32+,33-/m1/s1. The molecule has 7 rings (SSSR count). The van der Waals surface area contributed by atoms with E-state index in [1.165, 1.54) is 14.0 Å². The van der Waals surface area contributed by atoms with Crippen molar-refractivity contribution in [3.05, 3.63) is 35.9 Å². The van der Waals surface area contributed by atoms with Crippen LogP contribution in [0.2, 0.25) is 0 Å². The van der Waals surface area contributed by atoms with Crippen molar-refractivity contribution >= 4 is 11.9 Å². The third-order valence-electron chi connectivity index (χ3n) is 12.8. The molecule has 0 radical (unpaired) electrons. The Morgan fingerprint density at radius 1 is 1.02 bits per heavy atom. The SMILES string of the molecule is COC[C@]12CC[C@@H](OC)[C@@]34C5C[C@@]6(O)[C@H](OC(=O)c7ccccc7)[C@H]5[C@@](OC(C)=O)([C@@H]([C@H](OC)[C@H]13)[C@H]4N(C)C2)[C@@H](O)[C@@H]6OC. The Balaban J connectivity index is 1.51. The number of aliphatic hydroxyl groups is 2. The Labute approximate surface area is 258 Å². The number of fused-ring (bicyclic) bond motifs is 2. The van der Waals surface area contributed by atoms with Gasteiger partial charge < -0.3 is 43.5 Å². The van der Waals surface area contributed by atoms with Crippen LogP contribution in [0.15, 0.2) is 30.3 Å². The molecule has 14 atom stereocenters. The lowest BCUT2D eigenvalue weighted by molar-refractivity contribution is -0.316. The number of likely N-dealkylation sites (tertiary alicyclic amines) is 1. The molecule has 0 amide bonds. The van der Waals surface area contributed by atoms with Gasteiger partial charge in [0.2, 0.25) is 0 Å². The van der Waals surface area contributed by atoms with Gasteiger partial charge in [-0.05, 0) is 44.4 Å². The lowest BCUT2D eigenvalue weighted by Crippen LogP contribution is -2.80. The van der Waals surface area contributed by atoms with Crippen molar-refractivity contribution in [1.82, 2.24) is 4.90 Å². The van der Waals surface area contributed by atoms with Crippen molar-refractivity contribution in [1.29, 1.82) is 0 Å². The molecule has 11 heteroatoms. The first kappa shape index (κ1) is 30.5. The minimum atomic E-state index is -1.76. The Hall–Kier alpha value is -2.12. The van der Waals surface area contributed by atoms with E-state index in [-0.39, 0.29) is 35.8 Å². The van der Waals surface area contributed by atoms with Crippen LogP contribution in [0.5, 0.6) is 0 Å². The van der Waals surface area contributed by atoms with Crippen LogP contribution in [0.1, 0.15) is 36.5 Å². The van der Waals surface area contributed by atoms with Crippen LogP contribution in [0.4, 0.5) is 0 Å². The number of hydrogen-bond donors (Lipinski definition) is 2. The highest BCUT2D eigenvalue weighted by Crippen LogP contribution is 2.80. The highest BCUT2D eigenvalue weighted by Gasteiger charge is 2.91. The molecule has 6 aliphatic rings. The molecule has 1 aliphatic heterocycles. The Bertz CT molecular complexity index is 1310. The molecule has 7 bridgehead atoms. The van der Waals surface area contributed by atoms with Crippen LogP contribution in [-0.2, 0) is 33.2 Å². The van der Waals surface area contributed by atoms with E-state index in [0.717, 1.165) is 19.4 Å². The van der Waals surface area contributed by atoms with Gasteiger partial charge in [0.25, 0.3) is 0 Å². The predicted molar refractivity (Wildman–Crippen MR) is 154 cm³/mol. The summed E-state index contributed by atoms with van der Waals surface area (Å²) in [6, 6.07) is 8.39. The molecule has 242 valence electrons. The van der Waals surface area contributed by atoms with Gasteiger partial charge >= 0.3 is 11.9 Å². The molecular weight excluding hydrogens is 570 g/mol. The average molecular weight is 616 g/mol. The van der Waals surface area contributed by atoms with Gasteiger partial charge in [-0.1, -0.05) is 18.2 Å². The first-order chi connectivity index (χ1) is 21.0. The maximum atomic E-state index is 13.7. The number of aliphatic hydroxyl groups excluding tert-OH is 1. The fourth-order valence-electron chi connectivity index (χ4n) is 12.3. The monoisotopic (exact) mass is 615 g/mol. The van der Waals surface area contributed by atoms with Crippen molar-refractivity contribution in [3.63, 3.8) is 0 Å². The highest BCUT2D eigenvalue weighted by molar-refractivity contribution is 5.89. The third kappa shape index (κ3) is 3.41. The molecule has 1 heterocycles. The number of methoxy groups -OCH3 is 4. The second-order valence-electron chi connectivity index (χ2n) is 14.2. The lowest BCUT2D eigenvalue weighted by atomic mass is 9.43. The van der Waals surface area contributed by atoms with Gasteiger partial charge in [0, 0.05) is 76.5 Å².